The first-order valence-corrected chi connectivity index (χ1v) is 12.3. The molecule has 0 saturated heterocycles. The summed E-state index contributed by atoms with van der Waals surface area (Å²) in [6.07, 6.45) is 0. The topological polar surface area (TPSA) is 111 Å². The summed E-state index contributed by atoms with van der Waals surface area (Å²) in [6.45, 7) is 6.73. The van der Waals surface area contributed by atoms with Crippen LogP contribution in [-0.2, 0) is 0 Å². The highest BCUT2D eigenvalue weighted by Gasteiger charge is 2.10. The Bertz CT molecular complexity index is 1640. The molecular weight excluding hydrogens is 480 g/mol. The molecule has 192 valence electrons. The van der Waals surface area contributed by atoms with Gasteiger partial charge in [0.15, 0.2) is 0 Å². The zero-order valence-corrected chi connectivity index (χ0v) is 21.4. The number of hydrogen-bond donors (Lipinski definition) is 2. The van der Waals surface area contributed by atoms with Crippen LogP contribution in [0.15, 0.2) is 84.9 Å². The van der Waals surface area contributed by atoms with Crippen molar-refractivity contribution in [3.8, 4) is 28.6 Å². The molecule has 0 amide bonds. The van der Waals surface area contributed by atoms with E-state index in [1.165, 1.54) is 9.59 Å². The number of aryl methyl sites for hydroxylation is 1. The summed E-state index contributed by atoms with van der Waals surface area (Å²) in [7, 11) is 0. The molecule has 0 aliphatic carbocycles. The molecule has 6 aromatic rings. The molecule has 0 fully saturated rings. The molecule has 0 spiro atoms. The molecule has 4 aromatic carbocycles. The summed E-state index contributed by atoms with van der Waals surface area (Å²) >= 11 is 0. The molecular formula is C29H28N6O3. The first-order valence-electron chi connectivity index (χ1n) is 12.3. The Kier molecular flexibility index (Phi) is 6.90. The number of aromatic hydroxyl groups is 2. The van der Waals surface area contributed by atoms with Crippen molar-refractivity contribution in [3.05, 3.63) is 90.5 Å². The molecule has 0 unspecified atom stereocenters. The van der Waals surface area contributed by atoms with Gasteiger partial charge in [0.25, 0.3) is 0 Å². The predicted molar refractivity (Wildman–Crippen MR) is 146 cm³/mol. The highest BCUT2D eigenvalue weighted by Crippen LogP contribution is 2.27. The first kappa shape index (κ1) is 24.8. The lowest BCUT2D eigenvalue weighted by Gasteiger charge is -2.10. The van der Waals surface area contributed by atoms with E-state index in [-0.39, 0.29) is 11.5 Å². The van der Waals surface area contributed by atoms with Crippen LogP contribution in [0, 0.1) is 12.8 Å². The molecule has 9 nitrogen and oxygen atoms in total. The van der Waals surface area contributed by atoms with Crippen LogP contribution < -0.4 is 4.74 Å². The Morgan fingerprint density at radius 2 is 1.18 bits per heavy atom. The number of phenols is 2. The van der Waals surface area contributed by atoms with Crippen molar-refractivity contribution in [1.82, 2.24) is 30.0 Å². The summed E-state index contributed by atoms with van der Waals surface area (Å²) in [6, 6.07) is 25.7. The van der Waals surface area contributed by atoms with Gasteiger partial charge in [0.2, 0.25) is 0 Å². The molecule has 2 heterocycles. The van der Waals surface area contributed by atoms with Crippen molar-refractivity contribution in [2.24, 2.45) is 5.92 Å². The van der Waals surface area contributed by atoms with Gasteiger partial charge in [-0.2, -0.15) is 0 Å². The molecule has 0 saturated carbocycles. The third-order valence-corrected chi connectivity index (χ3v) is 5.67. The number of nitrogens with zero attached hydrogens (tertiary/aromatic N) is 6. The SMILES string of the molecule is CC(C)COc1ccc(-n2nc3ccccc3n2)c(O)c1.Cc1ccc(O)c(-n2nc3ccccc3n2)c1. The minimum Gasteiger partial charge on any atom is -0.506 e. The van der Waals surface area contributed by atoms with Gasteiger partial charge >= 0.3 is 0 Å². The lowest BCUT2D eigenvalue weighted by Crippen LogP contribution is -2.05. The van der Waals surface area contributed by atoms with Gasteiger partial charge in [-0.1, -0.05) is 44.2 Å². The van der Waals surface area contributed by atoms with E-state index in [1.54, 1.807) is 18.2 Å². The fraction of sp³-hybridized carbons (Fsp3) is 0.172. The van der Waals surface area contributed by atoms with Crippen LogP contribution in [0.1, 0.15) is 19.4 Å². The zero-order chi connectivity index (χ0) is 26.6. The predicted octanol–water partition coefficient (Wildman–Crippen LogP) is 5.60. The van der Waals surface area contributed by atoms with Crippen LogP contribution in [0.4, 0.5) is 0 Å². The summed E-state index contributed by atoms with van der Waals surface area (Å²) in [5, 5.41) is 37.3. The molecule has 6 rings (SSSR count). The van der Waals surface area contributed by atoms with Crippen molar-refractivity contribution in [2.45, 2.75) is 20.8 Å². The Balaban J connectivity index is 0.000000158. The third-order valence-electron chi connectivity index (χ3n) is 5.67. The number of phenolic OH excluding ortho intramolecular Hbond substituents is 2. The van der Waals surface area contributed by atoms with Crippen LogP contribution in [0.25, 0.3) is 33.4 Å². The minimum absolute atomic E-state index is 0.0940. The molecule has 0 aliphatic rings. The smallest absolute Gasteiger partial charge is 0.146 e. The molecule has 38 heavy (non-hydrogen) atoms. The van der Waals surface area contributed by atoms with Crippen LogP contribution >= 0.6 is 0 Å². The molecule has 0 atom stereocenters. The average molecular weight is 509 g/mol. The fourth-order valence-electron chi connectivity index (χ4n) is 3.75. The normalized spacial score (nSPS) is 11.1. The summed E-state index contributed by atoms with van der Waals surface area (Å²) in [4.78, 5) is 2.90. The Hall–Kier alpha value is -4.92. The quantitative estimate of drug-likeness (QED) is 0.312. The highest BCUT2D eigenvalue weighted by atomic mass is 16.5. The minimum atomic E-state index is 0.0940. The van der Waals surface area contributed by atoms with Gasteiger partial charge in [-0.15, -0.1) is 30.0 Å². The Morgan fingerprint density at radius 1 is 0.658 bits per heavy atom. The van der Waals surface area contributed by atoms with Gasteiger partial charge in [-0.05, 0) is 66.9 Å². The van der Waals surface area contributed by atoms with Crippen molar-refractivity contribution in [2.75, 3.05) is 6.61 Å². The summed E-state index contributed by atoms with van der Waals surface area (Å²) in [5.41, 5.74) is 5.39. The Morgan fingerprint density at radius 3 is 1.68 bits per heavy atom. The van der Waals surface area contributed by atoms with Crippen molar-refractivity contribution >= 4 is 22.1 Å². The molecule has 0 aliphatic heterocycles. The van der Waals surface area contributed by atoms with E-state index in [1.807, 2.05) is 73.7 Å². The maximum Gasteiger partial charge on any atom is 0.146 e. The van der Waals surface area contributed by atoms with Crippen LogP contribution in [-0.4, -0.2) is 46.8 Å². The second-order valence-corrected chi connectivity index (χ2v) is 9.30. The van der Waals surface area contributed by atoms with Crippen LogP contribution in [0.2, 0.25) is 0 Å². The van der Waals surface area contributed by atoms with E-state index in [9.17, 15) is 10.2 Å². The zero-order valence-electron chi connectivity index (χ0n) is 21.4. The van der Waals surface area contributed by atoms with Crippen LogP contribution in [0.5, 0.6) is 17.2 Å². The van der Waals surface area contributed by atoms with Crippen molar-refractivity contribution < 1.29 is 14.9 Å². The number of ether oxygens (including phenoxy) is 1. The number of benzene rings is 4. The van der Waals surface area contributed by atoms with Gasteiger partial charge < -0.3 is 14.9 Å². The first-order chi connectivity index (χ1) is 18.4. The van der Waals surface area contributed by atoms with E-state index in [2.05, 4.69) is 34.2 Å². The fourth-order valence-corrected chi connectivity index (χ4v) is 3.75. The standard InChI is InChI=1S/C16H17N3O2.C13H11N3O/c1-11(2)10-21-12-7-8-15(16(20)9-12)19-17-13-5-3-4-6-14(13)18-19;1-9-6-7-13(17)12(8-9)16-14-10-4-2-3-5-11(10)15-16/h3-9,11,20H,10H2,1-2H3;2-8,17H,1H3. The van der Waals surface area contributed by atoms with E-state index < -0.39 is 0 Å². The summed E-state index contributed by atoms with van der Waals surface area (Å²) in [5.74, 6) is 1.35. The molecule has 2 N–H and O–H groups in total. The molecule has 0 radical (unpaired) electrons. The molecule has 9 heteroatoms. The van der Waals surface area contributed by atoms with Crippen molar-refractivity contribution in [1.29, 1.82) is 0 Å². The monoisotopic (exact) mass is 508 g/mol. The highest BCUT2D eigenvalue weighted by molar-refractivity contribution is 5.74. The second kappa shape index (κ2) is 10.6. The van der Waals surface area contributed by atoms with E-state index in [0.29, 0.717) is 29.6 Å². The van der Waals surface area contributed by atoms with Gasteiger partial charge in [0.1, 0.15) is 50.7 Å². The second-order valence-electron chi connectivity index (χ2n) is 9.30. The Labute approximate surface area is 219 Å². The van der Waals surface area contributed by atoms with E-state index >= 15 is 0 Å². The average Bonchev–Trinajstić information content (AvgIpc) is 3.53. The lowest BCUT2D eigenvalue weighted by molar-refractivity contribution is 0.270. The van der Waals surface area contributed by atoms with E-state index in [0.717, 1.165) is 27.6 Å². The van der Waals surface area contributed by atoms with Gasteiger partial charge in [0, 0.05) is 6.07 Å². The number of fused-ring (bicyclic) bond motifs is 2. The van der Waals surface area contributed by atoms with Crippen LogP contribution in [0.3, 0.4) is 0 Å². The van der Waals surface area contributed by atoms with Crippen molar-refractivity contribution in [3.63, 3.8) is 0 Å². The molecule has 2 aromatic heterocycles. The lowest BCUT2D eigenvalue weighted by atomic mass is 10.2. The van der Waals surface area contributed by atoms with Gasteiger partial charge in [-0.3, -0.25) is 0 Å². The molecule has 0 bridgehead atoms. The number of rotatable bonds is 5. The third kappa shape index (κ3) is 5.41. The maximum atomic E-state index is 10.2. The largest absolute Gasteiger partial charge is 0.506 e. The van der Waals surface area contributed by atoms with Gasteiger partial charge in [-0.25, -0.2) is 0 Å². The maximum absolute atomic E-state index is 10.2. The van der Waals surface area contributed by atoms with E-state index in [4.69, 9.17) is 4.74 Å². The van der Waals surface area contributed by atoms with Gasteiger partial charge in [0.05, 0.1) is 6.61 Å². The number of hydrogen-bond acceptors (Lipinski definition) is 7. The number of aromatic nitrogens is 6. The summed E-state index contributed by atoms with van der Waals surface area (Å²) < 4.78 is 5.59.